The first-order valence-electron chi connectivity index (χ1n) is 7.12. The lowest BCUT2D eigenvalue weighted by Gasteiger charge is -2.22. The van der Waals surface area contributed by atoms with E-state index in [1.165, 1.54) is 0 Å². The van der Waals surface area contributed by atoms with Crippen molar-refractivity contribution in [2.24, 2.45) is 5.92 Å². The summed E-state index contributed by atoms with van der Waals surface area (Å²) < 4.78 is 24.4. The van der Waals surface area contributed by atoms with Gasteiger partial charge in [-0.15, -0.1) is 0 Å². The Balaban J connectivity index is 2.21. The number of rotatable bonds is 6. The molecule has 2 rings (SSSR count). The zero-order valence-corrected chi connectivity index (χ0v) is 12.5. The number of hydrogen-bond donors (Lipinski definition) is 1. The Kier molecular flexibility index (Phi) is 4.63. The first kappa shape index (κ1) is 14.5. The number of benzene rings is 1. The van der Waals surface area contributed by atoms with Crippen LogP contribution in [0.3, 0.4) is 0 Å². The molecule has 0 radical (unpaired) electrons. The SMILES string of the molecule is CCCNCC(CC)C1CS(=O)(=O)c2ccccc21. The summed E-state index contributed by atoms with van der Waals surface area (Å²) in [4.78, 5) is 0.550. The second kappa shape index (κ2) is 6.06. The van der Waals surface area contributed by atoms with Crippen LogP contribution in [0.5, 0.6) is 0 Å². The van der Waals surface area contributed by atoms with Gasteiger partial charge in [-0.1, -0.05) is 38.5 Å². The van der Waals surface area contributed by atoms with Crippen LogP contribution in [0, 0.1) is 5.92 Å². The maximum atomic E-state index is 12.2. The van der Waals surface area contributed by atoms with Gasteiger partial charge in [-0.3, -0.25) is 0 Å². The van der Waals surface area contributed by atoms with E-state index in [1.807, 2.05) is 18.2 Å². The molecule has 4 heteroatoms. The van der Waals surface area contributed by atoms with E-state index in [2.05, 4.69) is 19.2 Å². The number of fused-ring (bicyclic) bond motifs is 1. The van der Waals surface area contributed by atoms with Crippen LogP contribution in [-0.2, 0) is 9.84 Å². The summed E-state index contributed by atoms with van der Waals surface area (Å²) in [5.41, 5.74) is 1.02. The monoisotopic (exact) mass is 281 g/mol. The molecular formula is C15H23NO2S. The highest BCUT2D eigenvalue weighted by Gasteiger charge is 2.37. The van der Waals surface area contributed by atoms with Crippen LogP contribution in [0.1, 0.15) is 38.2 Å². The molecule has 2 atom stereocenters. The Labute approximate surface area is 116 Å². The summed E-state index contributed by atoms with van der Waals surface area (Å²) in [5, 5.41) is 3.43. The maximum Gasteiger partial charge on any atom is 0.179 e. The highest BCUT2D eigenvalue weighted by atomic mass is 32.2. The number of sulfone groups is 1. The van der Waals surface area contributed by atoms with Gasteiger partial charge >= 0.3 is 0 Å². The molecule has 1 aliphatic rings. The van der Waals surface area contributed by atoms with Crippen molar-refractivity contribution in [3.63, 3.8) is 0 Å². The topological polar surface area (TPSA) is 46.2 Å². The minimum atomic E-state index is -3.07. The van der Waals surface area contributed by atoms with E-state index < -0.39 is 9.84 Å². The first-order chi connectivity index (χ1) is 9.10. The molecule has 1 N–H and O–H groups in total. The van der Waals surface area contributed by atoms with Gasteiger partial charge in [0, 0.05) is 5.92 Å². The zero-order valence-electron chi connectivity index (χ0n) is 11.7. The molecule has 1 aromatic rings. The summed E-state index contributed by atoms with van der Waals surface area (Å²) >= 11 is 0. The molecule has 106 valence electrons. The van der Waals surface area contributed by atoms with E-state index in [4.69, 9.17) is 0 Å². The Bertz CT molecular complexity index is 525. The van der Waals surface area contributed by atoms with Crippen LogP contribution >= 0.6 is 0 Å². The molecule has 0 aromatic heterocycles. The molecule has 1 aromatic carbocycles. The van der Waals surface area contributed by atoms with Crippen LogP contribution in [0.15, 0.2) is 29.2 Å². The fourth-order valence-electron chi connectivity index (χ4n) is 2.91. The van der Waals surface area contributed by atoms with Crippen molar-refractivity contribution in [2.45, 2.75) is 37.5 Å². The highest BCUT2D eigenvalue weighted by molar-refractivity contribution is 7.91. The lowest BCUT2D eigenvalue weighted by Crippen LogP contribution is -2.28. The van der Waals surface area contributed by atoms with Gasteiger partial charge in [0.05, 0.1) is 10.6 Å². The van der Waals surface area contributed by atoms with Crippen LogP contribution in [0.25, 0.3) is 0 Å². The molecule has 0 aliphatic carbocycles. The molecule has 19 heavy (non-hydrogen) atoms. The quantitative estimate of drug-likeness (QED) is 0.815. The van der Waals surface area contributed by atoms with E-state index in [0.717, 1.165) is 31.5 Å². The maximum absolute atomic E-state index is 12.2. The molecule has 0 saturated carbocycles. The predicted octanol–water partition coefficient (Wildman–Crippen LogP) is 2.58. The first-order valence-corrected chi connectivity index (χ1v) is 8.77. The molecule has 0 saturated heterocycles. The molecule has 2 unspecified atom stereocenters. The molecule has 0 amide bonds. The smallest absolute Gasteiger partial charge is 0.179 e. The van der Waals surface area contributed by atoms with E-state index in [9.17, 15) is 8.42 Å². The molecule has 0 spiro atoms. The molecule has 0 bridgehead atoms. The normalized spacial score (nSPS) is 22.1. The van der Waals surface area contributed by atoms with Gasteiger partial charge in [0.25, 0.3) is 0 Å². The van der Waals surface area contributed by atoms with E-state index in [0.29, 0.717) is 10.8 Å². The minimum Gasteiger partial charge on any atom is -0.316 e. The van der Waals surface area contributed by atoms with Gasteiger partial charge in [-0.2, -0.15) is 0 Å². The zero-order chi connectivity index (χ0) is 13.9. The minimum absolute atomic E-state index is 0.149. The second-order valence-electron chi connectivity index (χ2n) is 5.30. The van der Waals surface area contributed by atoms with Crippen molar-refractivity contribution in [3.8, 4) is 0 Å². The van der Waals surface area contributed by atoms with Crippen molar-refractivity contribution in [2.75, 3.05) is 18.8 Å². The van der Waals surface area contributed by atoms with Gasteiger partial charge in [0.1, 0.15) is 0 Å². The third kappa shape index (κ3) is 3.00. The van der Waals surface area contributed by atoms with E-state index >= 15 is 0 Å². The number of nitrogens with one attached hydrogen (secondary N) is 1. The van der Waals surface area contributed by atoms with Crippen molar-refractivity contribution in [3.05, 3.63) is 29.8 Å². The molecule has 3 nitrogen and oxygen atoms in total. The summed E-state index contributed by atoms with van der Waals surface area (Å²) in [6.45, 7) is 6.19. The van der Waals surface area contributed by atoms with Gasteiger partial charge in [0.15, 0.2) is 9.84 Å². The third-order valence-corrected chi connectivity index (χ3v) is 5.82. The fraction of sp³-hybridized carbons (Fsp3) is 0.600. The lowest BCUT2D eigenvalue weighted by atomic mass is 9.86. The van der Waals surface area contributed by atoms with Gasteiger partial charge < -0.3 is 5.32 Å². The average molecular weight is 281 g/mol. The van der Waals surface area contributed by atoms with Gasteiger partial charge in [-0.25, -0.2) is 8.42 Å². The Morgan fingerprint density at radius 2 is 2.05 bits per heavy atom. The summed E-state index contributed by atoms with van der Waals surface area (Å²) in [5.74, 6) is 0.819. The lowest BCUT2D eigenvalue weighted by molar-refractivity contribution is 0.406. The van der Waals surface area contributed by atoms with Crippen LogP contribution in [-0.4, -0.2) is 27.3 Å². The van der Waals surface area contributed by atoms with Crippen LogP contribution < -0.4 is 5.32 Å². The standard InChI is InChI=1S/C15H23NO2S/c1-3-9-16-10-12(4-2)14-11-19(17,18)15-8-6-5-7-13(14)15/h5-8,12,14,16H,3-4,9-11H2,1-2H3. The second-order valence-corrected chi connectivity index (χ2v) is 7.30. The average Bonchev–Trinajstić information content (AvgIpc) is 2.68. The van der Waals surface area contributed by atoms with Gasteiger partial charge in [-0.05, 0) is 37.1 Å². The van der Waals surface area contributed by atoms with Gasteiger partial charge in [0.2, 0.25) is 0 Å². The summed E-state index contributed by atoms with van der Waals surface area (Å²) in [7, 11) is -3.07. The molecule has 1 aliphatic heterocycles. The van der Waals surface area contributed by atoms with Crippen LogP contribution in [0.2, 0.25) is 0 Å². The fourth-order valence-corrected chi connectivity index (χ4v) is 4.88. The van der Waals surface area contributed by atoms with Crippen molar-refractivity contribution < 1.29 is 8.42 Å². The number of hydrogen-bond acceptors (Lipinski definition) is 3. The third-order valence-electron chi connectivity index (χ3n) is 3.98. The molecule has 0 fully saturated rings. The Hall–Kier alpha value is -0.870. The van der Waals surface area contributed by atoms with E-state index in [-0.39, 0.29) is 11.7 Å². The molecule has 1 heterocycles. The van der Waals surface area contributed by atoms with Crippen LogP contribution in [0.4, 0.5) is 0 Å². The predicted molar refractivity (Wildman–Crippen MR) is 78.2 cm³/mol. The highest BCUT2D eigenvalue weighted by Crippen LogP contribution is 2.40. The largest absolute Gasteiger partial charge is 0.316 e. The van der Waals surface area contributed by atoms with E-state index in [1.54, 1.807) is 6.07 Å². The summed E-state index contributed by atoms with van der Waals surface area (Å²) in [6, 6.07) is 7.48. The van der Waals surface area contributed by atoms with Crippen molar-refractivity contribution in [1.29, 1.82) is 0 Å². The Morgan fingerprint density at radius 3 is 2.74 bits per heavy atom. The Morgan fingerprint density at radius 1 is 1.32 bits per heavy atom. The molecular weight excluding hydrogens is 258 g/mol. The van der Waals surface area contributed by atoms with Crippen molar-refractivity contribution in [1.82, 2.24) is 5.32 Å². The van der Waals surface area contributed by atoms with Crippen molar-refractivity contribution >= 4 is 9.84 Å². The summed E-state index contributed by atoms with van der Waals surface area (Å²) in [6.07, 6.45) is 2.11.